The quantitative estimate of drug-likeness (QED) is 0.102. The first-order chi connectivity index (χ1) is 21.7. The number of fused-ring (bicyclic) bond motifs is 1. The first-order valence-electron chi connectivity index (χ1n) is 15.0. The van der Waals surface area contributed by atoms with Crippen molar-refractivity contribution in [2.75, 3.05) is 13.7 Å². The molecule has 0 bridgehead atoms. The Balaban J connectivity index is 1.43. The summed E-state index contributed by atoms with van der Waals surface area (Å²) in [5.41, 5.74) is 6.21. The van der Waals surface area contributed by atoms with Gasteiger partial charge in [0, 0.05) is 16.6 Å². The fourth-order valence-electron chi connectivity index (χ4n) is 6.80. The number of carbonyl (C=O) groups is 1. The second kappa shape index (κ2) is 12.0. The predicted molar refractivity (Wildman–Crippen MR) is 173 cm³/mol. The molecule has 1 fully saturated rings. The summed E-state index contributed by atoms with van der Waals surface area (Å²) in [6.45, 7) is 0.979. The standard InChI is InChI=1S/C39H34N2O3/c1-43-38(42)35-32-24-14-15-25-33(32)40-36(35)37-34(27-44-26-28-16-6-2-7-17-28)41(37)39(29-18-8-3-9-19-29,30-20-10-4-11-21-30)31-22-12-5-13-23-31/h2-25,34,37,40H,26-27H2,1H3. The van der Waals surface area contributed by atoms with Gasteiger partial charge >= 0.3 is 5.97 Å². The summed E-state index contributed by atoms with van der Waals surface area (Å²) in [5.74, 6) is -0.349. The zero-order valence-corrected chi connectivity index (χ0v) is 24.6. The molecule has 218 valence electrons. The number of benzene rings is 5. The lowest BCUT2D eigenvalue weighted by atomic mass is 9.76. The summed E-state index contributed by atoms with van der Waals surface area (Å²) in [6.07, 6.45) is 0. The third-order valence-corrected chi connectivity index (χ3v) is 8.71. The number of nitrogens with one attached hydrogen (secondary N) is 1. The van der Waals surface area contributed by atoms with Gasteiger partial charge in [0.25, 0.3) is 0 Å². The molecule has 0 spiro atoms. The molecule has 1 aliphatic rings. The summed E-state index contributed by atoms with van der Waals surface area (Å²) in [4.78, 5) is 19.6. The molecule has 0 radical (unpaired) electrons. The van der Waals surface area contributed by atoms with Crippen molar-refractivity contribution in [1.29, 1.82) is 0 Å². The molecule has 0 aliphatic carbocycles. The maximum absolute atomic E-state index is 13.4. The van der Waals surface area contributed by atoms with Gasteiger partial charge in [-0.15, -0.1) is 0 Å². The van der Waals surface area contributed by atoms with E-state index in [0.717, 1.165) is 38.9 Å². The first-order valence-corrected chi connectivity index (χ1v) is 15.0. The number of rotatable bonds is 10. The minimum atomic E-state index is -0.667. The Morgan fingerprint density at radius 1 is 0.705 bits per heavy atom. The van der Waals surface area contributed by atoms with Gasteiger partial charge in [0.2, 0.25) is 0 Å². The van der Waals surface area contributed by atoms with E-state index in [2.05, 4.69) is 113 Å². The van der Waals surface area contributed by atoms with E-state index in [1.54, 1.807) is 0 Å². The van der Waals surface area contributed by atoms with E-state index in [0.29, 0.717) is 18.8 Å². The highest BCUT2D eigenvalue weighted by Gasteiger charge is 2.62. The summed E-state index contributed by atoms with van der Waals surface area (Å²) >= 11 is 0. The van der Waals surface area contributed by atoms with Crippen molar-refractivity contribution < 1.29 is 14.3 Å². The maximum atomic E-state index is 13.4. The summed E-state index contributed by atoms with van der Waals surface area (Å²) in [7, 11) is 1.45. The van der Waals surface area contributed by atoms with Crippen molar-refractivity contribution in [1.82, 2.24) is 9.88 Å². The molecule has 0 saturated carbocycles. The average molecular weight is 579 g/mol. The third kappa shape index (κ3) is 4.80. The topological polar surface area (TPSA) is 54.3 Å². The van der Waals surface area contributed by atoms with Crippen LogP contribution in [0.4, 0.5) is 0 Å². The Hall–Kier alpha value is -4.97. The second-order valence-electron chi connectivity index (χ2n) is 11.2. The normalized spacial score (nSPS) is 17.8. The average Bonchev–Trinajstić information content (AvgIpc) is 3.67. The number of hydrogen-bond donors (Lipinski definition) is 1. The minimum Gasteiger partial charge on any atom is -0.465 e. The third-order valence-electron chi connectivity index (χ3n) is 8.71. The second-order valence-corrected chi connectivity index (χ2v) is 11.2. The number of H-pyrrole nitrogens is 1. The molecule has 7 rings (SSSR count). The molecule has 5 heteroatoms. The van der Waals surface area contributed by atoms with Gasteiger partial charge in [-0.2, -0.15) is 0 Å². The van der Waals surface area contributed by atoms with E-state index < -0.39 is 5.54 Å². The lowest BCUT2D eigenvalue weighted by Gasteiger charge is -2.39. The van der Waals surface area contributed by atoms with Gasteiger partial charge in [-0.25, -0.2) is 4.79 Å². The van der Waals surface area contributed by atoms with Crippen molar-refractivity contribution in [3.8, 4) is 0 Å². The van der Waals surface area contributed by atoms with Crippen molar-refractivity contribution in [3.05, 3.63) is 179 Å². The Morgan fingerprint density at radius 3 is 1.75 bits per heavy atom. The summed E-state index contributed by atoms with van der Waals surface area (Å²) in [6, 6.07) is 49.9. The van der Waals surface area contributed by atoms with Crippen LogP contribution in [0.15, 0.2) is 146 Å². The smallest absolute Gasteiger partial charge is 0.340 e. The summed E-state index contributed by atoms with van der Waals surface area (Å²) < 4.78 is 11.8. The Morgan fingerprint density at radius 2 is 1.20 bits per heavy atom. The first kappa shape index (κ1) is 27.8. The maximum Gasteiger partial charge on any atom is 0.340 e. The van der Waals surface area contributed by atoms with E-state index in [-0.39, 0.29) is 18.1 Å². The number of methoxy groups -OCH3 is 1. The van der Waals surface area contributed by atoms with E-state index in [4.69, 9.17) is 9.47 Å². The molecule has 5 aromatic carbocycles. The van der Waals surface area contributed by atoms with Gasteiger partial charge in [-0.1, -0.05) is 140 Å². The molecule has 1 aromatic heterocycles. The lowest BCUT2D eigenvalue weighted by molar-refractivity contribution is 0.0601. The van der Waals surface area contributed by atoms with E-state index in [9.17, 15) is 4.79 Å². The number of ether oxygens (including phenoxy) is 2. The van der Waals surface area contributed by atoms with E-state index in [1.807, 2.05) is 42.5 Å². The predicted octanol–water partition coefficient (Wildman–Crippen LogP) is 7.89. The number of aromatic amines is 1. The number of nitrogens with zero attached hydrogens (tertiary/aromatic N) is 1. The number of para-hydroxylation sites is 1. The molecule has 5 nitrogen and oxygen atoms in total. The lowest BCUT2D eigenvalue weighted by Crippen LogP contribution is -2.39. The summed E-state index contributed by atoms with van der Waals surface area (Å²) in [5, 5.41) is 0.856. The van der Waals surface area contributed by atoms with Crippen molar-refractivity contribution in [2.45, 2.75) is 24.2 Å². The minimum absolute atomic E-state index is 0.0456. The monoisotopic (exact) mass is 578 g/mol. The number of esters is 1. The Labute approximate surface area is 257 Å². The highest BCUT2D eigenvalue weighted by Crippen LogP contribution is 2.58. The Bertz CT molecular complexity index is 1760. The highest BCUT2D eigenvalue weighted by atomic mass is 16.5. The molecule has 1 N–H and O–H groups in total. The molecule has 1 aliphatic heterocycles. The van der Waals surface area contributed by atoms with Crippen LogP contribution in [0.1, 0.15) is 44.3 Å². The zero-order chi connectivity index (χ0) is 29.9. The SMILES string of the molecule is COC(=O)c1c(C2C(COCc3ccccc3)N2C(c2ccccc2)(c2ccccc2)c2ccccc2)[nH]c2ccccc12. The van der Waals surface area contributed by atoms with Crippen LogP contribution in [0.25, 0.3) is 10.9 Å². The van der Waals surface area contributed by atoms with Gasteiger partial charge in [0.1, 0.15) is 0 Å². The number of hydrogen-bond acceptors (Lipinski definition) is 4. The molecule has 2 heterocycles. The molecule has 44 heavy (non-hydrogen) atoms. The van der Waals surface area contributed by atoms with Gasteiger partial charge in [0.05, 0.1) is 43.5 Å². The number of carbonyl (C=O) groups excluding carboxylic acids is 1. The van der Waals surface area contributed by atoms with Gasteiger partial charge in [-0.05, 0) is 28.3 Å². The van der Waals surface area contributed by atoms with Gasteiger partial charge in [-0.3, -0.25) is 4.90 Å². The Kier molecular flexibility index (Phi) is 7.57. The van der Waals surface area contributed by atoms with Gasteiger partial charge in [0.15, 0.2) is 0 Å². The molecule has 3 unspecified atom stereocenters. The molecular formula is C39H34N2O3. The van der Waals surface area contributed by atoms with Crippen molar-refractivity contribution >= 4 is 16.9 Å². The van der Waals surface area contributed by atoms with E-state index in [1.165, 1.54) is 7.11 Å². The van der Waals surface area contributed by atoms with Crippen LogP contribution in [0, 0.1) is 0 Å². The molecular weight excluding hydrogens is 544 g/mol. The van der Waals surface area contributed by atoms with Crippen molar-refractivity contribution in [3.63, 3.8) is 0 Å². The van der Waals surface area contributed by atoms with Crippen LogP contribution >= 0.6 is 0 Å². The van der Waals surface area contributed by atoms with Crippen LogP contribution in [0.2, 0.25) is 0 Å². The van der Waals surface area contributed by atoms with Crippen molar-refractivity contribution in [2.24, 2.45) is 0 Å². The largest absolute Gasteiger partial charge is 0.465 e. The van der Waals surface area contributed by atoms with Crippen LogP contribution in [0.3, 0.4) is 0 Å². The zero-order valence-electron chi connectivity index (χ0n) is 24.6. The van der Waals surface area contributed by atoms with Crippen LogP contribution in [0.5, 0.6) is 0 Å². The van der Waals surface area contributed by atoms with Crippen LogP contribution < -0.4 is 0 Å². The van der Waals surface area contributed by atoms with E-state index >= 15 is 0 Å². The molecule has 3 atom stereocenters. The molecule has 1 saturated heterocycles. The van der Waals surface area contributed by atoms with Crippen LogP contribution in [-0.2, 0) is 21.6 Å². The molecule has 0 amide bonds. The number of aromatic nitrogens is 1. The fourth-order valence-corrected chi connectivity index (χ4v) is 6.80. The van der Waals surface area contributed by atoms with Gasteiger partial charge < -0.3 is 14.5 Å². The fraction of sp³-hybridized carbons (Fsp3) is 0.154. The molecule has 6 aromatic rings. The van der Waals surface area contributed by atoms with Crippen LogP contribution in [-0.4, -0.2) is 35.6 Å². The highest BCUT2D eigenvalue weighted by molar-refractivity contribution is 6.06.